The smallest absolute Gasteiger partial charge is 0.270 e. The van der Waals surface area contributed by atoms with Crippen molar-refractivity contribution in [1.29, 1.82) is 0 Å². The highest BCUT2D eigenvalue weighted by Gasteiger charge is 2.29. The first kappa shape index (κ1) is 16.6. The molecule has 1 aliphatic heterocycles. The minimum atomic E-state index is -0.106. The number of nitrogens with zero attached hydrogens (tertiary/aromatic N) is 2. The number of ether oxygens (including phenoxy) is 1. The molecule has 3 heterocycles. The Kier molecular flexibility index (Phi) is 5.11. The lowest BCUT2D eigenvalue weighted by Gasteiger charge is -2.40. The Labute approximate surface area is 144 Å². The number of hydrogen-bond donors (Lipinski definition) is 1. The summed E-state index contributed by atoms with van der Waals surface area (Å²) in [5.74, 6) is -0.106. The SMILES string of the molecule is CC(C)(CNC(=O)c1csc(-c2cccs2)n1)N1CCOCC1. The van der Waals surface area contributed by atoms with Gasteiger partial charge in [0.2, 0.25) is 0 Å². The summed E-state index contributed by atoms with van der Waals surface area (Å²) in [6.07, 6.45) is 0. The lowest BCUT2D eigenvalue weighted by Crippen LogP contribution is -2.55. The Balaban J connectivity index is 1.58. The monoisotopic (exact) mass is 351 g/mol. The minimum absolute atomic E-state index is 0.0912. The van der Waals surface area contributed by atoms with Crippen LogP contribution in [-0.4, -0.2) is 54.2 Å². The largest absolute Gasteiger partial charge is 0.379 e. The highest BCUT2D eigenvalue weighted by molar-refractivity contribution is 7.20. The molecule has 124 valence electrons. The molecule has 3 rings (SSSR count). The highest BCUT2D eigenvalue weighted by atomic mass is 32.1. The molecule has 0 atom stereocenters. The molecule has 0 aromatic carbocycles. The van der Waals surface area contributed by atoms with Crippen molar-refractivity contribution in [2.24, 2.45) is 0 Å². The van der Waals surface area contributed by atoms with Gasteiger partial charge in [0.1, 0.15) is 10.7 Å². The maximum atomic E-state index is 12.4. The van der Waals surface area contributed by atoms with Crippen LogP contribution in [0.15, 0.2) is 22.9 Å². The zero-order valence-electron chi connectivity index (χ0n) is 13.4. The normalized spacial score (nSPS) is 16.4. The molecule has 0 bridgehead atoms. The molecule has 1 aliphatic rings. The van der Waals surface area contributed by atoms with E-state index in [0.29, 0.717) is 12.2 Å². The predicted octanol–water partition coefficient (Wildman–Crippen LogP) is 2.71. The predicted molar refractivity (Wildman–Crippen MR) is 94.2 cm³/mol. The maximum Gasteiger partial charge on any atom is 0.270 e. The number of thiophene rings is 1. The molecular formula is C16H21N3O2S2. The maximum absolute atomic E-state index is 12.4. The fraction of sp³-hybridized carbons (Fsp3) is 0.500. The number of aromatic nitrogens is 1. The molecule has 2 aromatic rings. The summed E-state index contributed by atoms with van der Waals surface area (Å²) in [6.45, 7) is 8.22. The van der Waals surface area contributed by atoms with Crippen molar-refractivity contribution in [2.45, 2.75) is 19.4 Å². The van der Waals surface area contributed by atoms with E-state index < -0.39 is 0 Å². The second-order valence-corrected chi connectivity index (χ2v) is 7.92. The third-order valence-corrected chi connectivity index (χ3v) is 5.90. The van der Waals surface area contributed by atoms with Gasteiger partial charge in [0.15, 0.2) is 0 Å². The Morgan fingerprint density at radius 2 is 2.17 bits per heavy atom. The number of nitrogens with one attached hydrogen (secondary N) is 1. The lowest BCUT2D eigenvalue weighted by molar-refractivity contribution is -0.00924. The molecule has 0 spiro atoms. The molecule has 2 aromatic heterocycles. The topological polar surface area (TPSA) is 54.5 Å². The van der Waals surface area contributed by atoms with Crippen LogP contribution >= 0.6 is 22.7 Å². The van der Waals surface area contributed by atoms with Gasteiger partial charge >= 0.3 is 0 Å². The van der Waals surface area contributed by atoms with Crippen molar-refractivity contribution >= 4 is 28.6 Å². The zero-order valence-corrected chi connectivity index (χ0v) is 15.0. The standard InChI is InChI=1S/C16H21N3O2S2/c1-16(2,19-5-7-21-8-6-19)11-17-14(20)12-10-23-15(18-12)13-4-3-9-22-13/h3-4,9-10H,5-8,11H2,1-2H3,(H,17,20). The van der Waals surface area contributed by atoms with E-state index in [1.165, 1.54) is 11.3 Å². The molecule has 1 N–H and O–H groups in total. The van der Waals surface area contributed by atoms with Crippen LogP contribution in [0.4, 0.5) is 0 Å². The number of hydrogen-bond acceptors (Lipinski definition) is 6. The number of carbonyl (C=O) groups is 1. The van der Waals surface area contributed by atoms with Crippen LogP contribution in [0.5, 0.6) is 0 Å². The lowest BCUT2D eigenvalue weighted by atomic mass is 10.0. The van der Waals surface area contributed by atoms with Crippen LogP contribution in [0.3, 0.4) is 0 Å². The van der Waals surface area contributed by atoms with Gasteiger partial charge in [-0.2, -0.15) is 0 Å². The summed E-state index contributed by atoms with van der Waals surface area (Å²) in [5, 5.41) is 7.76. The quantitative estimate of drug-likeness (QED) is 0.900. The molecule has 0 radical (unpaired) electrons. The third-order valence-electron chi connectivity index (χ3n) is 4.02. The van der Waals surface area contributed by atoms with Gasteiger partial charge in [-0.1, -0.05) is 6.07 Å². The van der Waals surface area contributed by atoms with Gasteiger partial charge in [0.25, 0.3) is 5.91 Å². The number of morpholine rings is 1. The molecule has 23 heavy (non-hydrogen) atoms. The average molecular weight is 351 g/mol. The van der Waals surface area contributed by atoms with Crippen molar-refractivity contribution in [1.82, 2.24) is 15.2 Å². The summed E-state index contributed by atoms with van der Waals surface area (Å²) >= 11 is 3.14. The summed E-state index contributed by atoms with van der Waals surface area (Å²) in [7, 11) is 0. The van der Waals surface area contributed by atoms with Crippen molar-refractivity contribution in [3.05, 3.63) is 28.6 Å². The van der Waals surface area contributed by atoms with Crippen LogP contribution < -0.4 is 5.32 Å². The number of rotatable bonds is 5. The minimum Gasteiger partial charge on any atom is -0.379 e. The Morgan fingerprint density at radius 3 is 2.87 bits per heavy atom. The average Bonchev–Trinajstić information content (AvgIpc) is 3.24. The van der Waals surface area contributed by atoms with Crippen LogP contribution in [0.1, 0.15) is 24.3 Å². The fourth-order valence-corrected chi connectivity index (χ4v) is 4.17. The first-order valence-corrected chi connectivity index (χ1v) is 9.42. The van der Waals surface area contributed by atoms with E-state index in [9.17, 15) is 4.79 Å². The number of amides is 1. The summed E-state index contributed by atoms with van der Waals surface area (Å²) in [4.78, 5) is 20.3. The second-order valence-electron chi connectivity index (χ2n) is 6.11. The first-order valence-electron chi connectivity index (χ1n) is 7.67. The van der Waals surface area contributed by atoms with Crippen LogP contribution in [0.25, 0.3) is 9.88 Å². The Hall–Kier alpha value is -1.28. The molecule has 0 aliphatic carbocycles. The van der Waals surface area contributed by atoms with Crippen LogP contribution in [0, 0.1) is 0 Å². The van der Waals surface area contributed by atoms with E-state index in [2.05, 4.69) is 29.0 Å². The molecule has 1 saturated heterocycles. The summed E-state index contributed by atoms with van der Waals surface area (Å²) < 4.78 is 5.39. The van der Waals surface area contributed by atoms with Crippen LogP contribution in [-0.2, 0) is 4.74 Å². The van der Waals surface area contributed by atoms with E-state index in [4.69, 9.17) is 4.74 Å². The Bertz CT molecular complexity index is 646. The van der Waals surface area contributed by atoms with Gasteiger partial charge in [-0.05, 0) is 25.3 Å². The molecule has 7 heteroatoms. The van der Waals surface area contributed by atoms with Gasteiger partial charge < -0.3 is 10.1 Å². The van der Waals surface area contributed by atoms with Gasteiger partial charge in [-0.25, -0.2) is 4.98 Å². The molecule has 0 unspecified atom stereocenters. The molecule has 5 nitrogen and oxygen atoms in total. The molecule has 1 fully saturated rings. The van der Waals surface area contributed by atoms with E-state index in [1.54, 1.807) is 11.3 Å². The molecule has 0 saturated carbocycles. The summed E-state index contributed by atoms with van der Waals surface area (Å²) in [6, 6.07) is 4.01. The van der Waals surface area contributed by atoms with Crippen molar-refractivity contribution in [3.8, 4) is 9.88 Å². The fourth-order valence-electron chi connectivity index (χ4n) is 2.56. The van der Waals surface area contributed by atoms with Crippen molar-refractivity contribution in [2.75, 3.05) is 32.8 Å². The van der Waals surface area contributed by atoms with Gasteiger partial charge in [-0.15, -0.1) is 22.7 Å². The van der Waals surface area contributed by atoms with Gasteiger partial charge in [0, 0.05) is 30.6 Å². The third kappa shape index (κ3) is 3.98. The molecular weight excluding hydrogens is 330 g/mol. The zero-order chi connectivity index (χ0) is 16.3. The summed E-state index contributed by atoms with van der Waals surface area (Å²) in [5.41, 5.74) is 0.405. The molecule has 1 amide bonds. The highest BCUT2D eigenvalue weighted by Crippen LogP contribution is 2.27. The second kappa shape index (κ2) is 7.09. The van der Waals surface area contributed by atoms with E-state index in [1.807, 2.05) is 22.9 Å². The number of carbonyl (C=O) groups excluding carboxylic acids is 1. The van der Waals surface area contributed by atoms with Crippen LogP contribution in [0.2, 0.25) is 0 Å². The van der Waals surface area contributed by atoms with Gasteiger partial charge in [0.05, 0.1) is 18.1 Å². The van der Waals surface area contributed by atoms with Gasteiger partial charge in [-0.3, -0.25) is 9.69 Å². The number of thiazole rings is 1. The van der Waals surface area contributed by atoms with E-state index in [0.717, 1.165) is 36.2 Å². The van der Waals surface area contributed by atoms with E-state index in [-0.39, 0.29) is 11.4 Å². The van der Waals surface area contributed by atoms with E-state index >= 15 is 0 Å². The first-order chi connectivity index (χ1) is 11.1. The van der Waals surface area contributed by atoms with Crippen molar-refractivity contribution < 1.29 is 9.53 Å². The Morgan fingerprint density at radius 1 is 1.39 bits per heavy atom. The van der Waals surface area contributed by atoms with Crippen molar-refractivity contribution in [3.63, 3.8) is 0 Å².